The Kier molecular flexibility index (Phi) is 4.37. The molecule has 1 aromatic carbocycles. The zero-order chi connectivity index (χ0) is 15.7. The van der Waals surface area contributed by atoms with E-state index in [9.17, 15) is 9.18 Å². The molecule has 1 N–H and O–H groups in total. The van der Waals surface area contributed by atoms with E-state index in [0.29, 0.717) is 26.2 Å². The van der Waals surface area contributed by atoms with Crippen LogP contribution in [0, 0.1) is 5.82 Å². The highest BCUT2D eigenvalue weighted by atomic mass is 79.9. The first-order chi connectivity index (χ1) is 10.5. The van der Waals surface area contributed by atoms with Crippen LogP contribution in [0.5, 0.6) is 0 Å². The number of benzene rings is 1. The minimum Gasteiger partial charge on any atom is -0.450 e. The summed E-state index contributed by atoms with van der Waals surface area (Å²) in [5.41, 5.74) is 0.455. The molecule has 0 radical (unpaired) electrons. The molecule has 0 unspecified atom stereocenters. The number of hydrogen-bond donors (Lipinski definition) is 1. The number of nitrogens with zero attached hydrogens (tertiary/aromatic N) is 1. The van der Waals surface area contributed by atoms with Crippen LogP contribution >= 0.6 is 39.3 Å². The van der Waals surface area contributed by atoms with Crippen molar-refractivity contribution in [3.8, 4) is 0 Å². The molecular weight excluding hydrogens is 395 g/mol. The quantitative estimate of drug-likeness (QED) is 0.740. The zero-order valence-corrected chi connectivity index (χ0v) is 13.9. The molecule has 0 spiro atoms. The van der Waals surface area contributed by atoms with Crippen LogP contribution in [0.25, 0.3) is 6.08 Å². The number of furan rings is 1. The Hall–Kier alpha value is -1.57. The van der Waals surface area contributed by atoms with Crippen LogP contribution in [0.3, 0.4) is 0 Å². The molecule has 8 heteroatoms. The second kappa shape index (κ2) is 6.28. The molecule has 1 fully saturated rings. The van der Waals surface area contributed by atoms with Crippen molar-refractivity contribution >= 4 is 62.1 Å². The van der Waals surface area contributed by atoms with Gasteiger partial charge in [0.25, 0.3) is 5.91 Å². The Bertz CT molecular complexity index is 819. The fourth-order valence-electron chi connectivity index (χ4n) is 1.69. The van der Waals surface area contributed by atoms with Gasteiger partial charge in [-0.3, -0.25) is 4.79 Å². The van der Waals surface area contributed by atoms with E-state index in [1.165, 1.54) is 30.0 Å². The normalized spacial score (nSPS) is 18.2. The molecule has 1 aliphatic rings. The van der Waals surface area contributed by atoms with Crippen molar-refractivity contribution in [2.75, 3.05) is 0 Å². The van der Waals surface area contributed by atoms with Gasteiger partial charge in [-0.05, 0) is 58.0 Å². The van der Waals surface area contributed by atoms with E-state index in [2.05, 4.69) is 26.2 Å². The van der Waals surface area contributed by atoms with Crippen LogP contribution < -0.4 is 5.32 Å². The standard InChI is InChI=1S/C14H7BrClFN2O2S/c15-12-4-2-8(21-12)6-11-13(20)19-14(22-11)18-7-1-3-10(17)9(16)5-7/h1-6H,(H,18,19,20). The van der Waals surface area contributed by atoms with E-state index in [-0.39, 0.29) is 10.9 Å². The predicted molar refractivity (Wildman–Crippen MR) is 88.6 cm³/mol. The van der Waals surface area contributed by atoms with Crippen molar-refractivity contribution in [3.63, 3.8) is 0 Å². The van der Waals surface area contributed by atoms with Crippen LogP contribution in [0.4, 0.5) is 10.1 Å². The maximum Gasteiger partial charge on any atom is 0.264 e. The third-order valence-corrected chi connectivity index (χ3v) is 4.28. The molecular formula is C14H7BrClFN2O2S. The number of nitrogens with one attached hydrogen (secondary N) is 1. The number of aliphatic imine (C=N–C) groups is 1. The van der Waals surface area contributed by atoms with Gasteiger partial charge in [-0.2, -0.15) is 0 Å². The number of thioether (sulfide) groups is 1. The second-order valence-corrected chi connectivity index (χ2v) is 6.44. The molecule has 3 rings (SSSR count). The maximum absolute atomic E-state index is 13.1. The number of amidine groups is 1. The Morgan fingerprint density at radius 3 is 2.86 bits per heavy atom. The number of amides is 1. The van der Waals surface area contributed by atoms with E-state index < -0.39 is 5.82 Å². The number of rotatable bonds is 2. The van der Waals surface area contributed by atoms with Crippen LogP contribution in [0.1, 0.15) is 5.76 Å². The highest BCUT2D eigenvalue weighted by Crippen LogP contribution is 2.30. The predicted octanol–water partition coefficient (Wildman–Crippen LogP) is 4.73. The first kappa shape index (κ1) is 15.3. The van der Waals surface area contributed by atoms with Gasteiger partial charge >= 0.3 is 0 Å². The summed E-state index contributed by atoms with van der Waals surface area (Å²) in [5, 5.41) is 3.00. The van der Waals surface area contributed by atoms with Gasteiger partial charge in [0.1, 0.15) is 11.6 Å². The van der Waals surface area contributed by atoms with Crippen LogP contribution in [0.15, 0.2) is 49.3 Å². The first-order valence-corrected chi connectivity index (χ1v) is 8.00. The molecule has 0 atom stereocenters. The lowest BCUT2D eigenvalue weighted by molar-refractivity contribution is -0.115. The van der Waals surface area contributed by atoms with Crippen LogP contribution in [0.2, 0.25) is 5.02 Å². The van der Waals surface area contributed by atoms with Gasteiger partial charge in [-0.1, -0.05) is 11.6 Å². The molecule has 0 bridgehead atoms. The first-order valence-electron chi connectivity index (χ1n) is 6.01. The number of carbonyl (C=O) groups is 1. The molecule has 0 aliphatic carbocycles. The second-order valence-electron chi connectivity index (χ2n) is 4.22. The zero-order valence-electron chi connectivity index (χ0n) is 10.8. The fourth-order valence-corrected chi connectivity index (χ4v) is 3.00. The molecule has 1 amide bonds. The lowest BCUT2D eigenvalue weighted by Gasteiger charge is -1.98. The summed E-state index contributed by atoms with van der Waals surface area (Å²) in [6, 6.07) is 7.56. The molecule has 2 heterocycles. The molecule has 2 aromatic rings. The monoisotopic (exact) mass is 400 g/mol. The van der Waals surface area contributed by atoms with Crippen molar-refractivity contribution < 1.29 is 13.6 Å². The summed E-state index contributed by atoms with van der Waals surface area (Å²) in [4.78, 5) is 16.6. The largest absolute Gasteiger partial charge is 0.450 e. The third-order valence-electron chi connectivity index (χ3n) is 2.65. The summed E-state index contributed by atoms with van der Waals surface area (Å²) in [6.07, 6.45) is 1.62. The summed E-state index contributed by atoms with van der Waals surface area (Å²) in [5.74, 6) is -0.238. The molecule has 22 heavy (non-hydrogen) atoms. The Morgan fingerprint density at radius 2 is 2.18 bits per heavy atom. The lowest BCUT2D eigenvalue weighted by atomic mass is 10.3. The molecule has 1 aromatic heterocycles. The van der Waals surface area contributed by atoms with Gasteiger partial charge in [0, 0.05) is 6.08 Å². The molecule has 4 nitrogen and oxygen atoms in total. The number of hydrogen-bond acceptors (Lipinski definition) is 4. The van der Waals surface area contributed by atoms with Crippen molar-refractivity contribution in [2.45, 2.75) is 0 Å². The average Bonchev–Trinajstić information content (AvgIpc) is 3.01. The maximum atomic E-state index is 13.1. The van der Waals surface area contributed by atoms with E-state index in [0.717, 1.165) is 0 Å². The van der Waals surface area contributed by atoms with Crippen molar-refractivity contribution in [3.05, 3.63) is 56.5 Å². The molecule has 1 saturated heterocycles. The fraction of sp³-hybridized carbons (Fsp3) is 0. The average molecular weight is 402 g/mol. The van der Waals surface area contributed by atoms with Gasteiger partial charge in [-0.25, -0.2) is 9.38 Å². The van der Waals surface area contributed by atoms with E-state index in [1.54, 1.807) is 18.2 Å². The summed E-state index contributed by atoms with van der Waals surface area (Å²) >= 11 is 10.1. The highest BCUT2D eigenvalue weighted by molar-refractivity contribution is 9.10. The van der Waals surface area contributed by atoms with Gasteiger partial charge in [0.15, 0.2) is 9.84 Å². The van der Waals surface area contributed by atoms with Gasteiger partial charge in [-0.15, -0.1) is 0 Å². The summed E-state index contributed by atoms with van der Waals surface area (Å²) < 4.78 is 19.0. The Morgan fingerprint density at radius 1 is 1.36 bits per heavy atom. The smallest absolute Gasteiger partial charge is 0.264 e. The molecule has 0 saturated carbocycles. The van der Waals surface area contributed by atoms with Crippen molar-refractivity contribution in [1.29, 1.82) is 0 Å². The minimum atomic E-state index is -0.516. The van der Waals surface area contributed by atoms with Gasteiger partial charge in [0.2, 0.25) is 0 Å². The molecule has 112 valence electrons. The third kappa shape index (κ3) is 3.43. The van der Waals surface area contributed by atoms with E-state index in [4.69, 9.17) is 16.0 Å². The summed E-state index contributed by atoms with van der Waals surface area (Å²) in [7, 11) is 0. The molecule has 1 aliphatic heterocycles. The number of halogens is 3. The van der Waals surface area contributed by atoms with Gasteiger partial charge in [0.05, 0.1) is 15.6 Å². The van der Waals surface area contributed by atoms with Crippen LogP contribution in [-0.2, 0) is 4.79 Å². The van der Waals surface area contributed by atoms with Gasteiger partial charge < -0.3 is 9.73 Å². The minimum absolute atomic E-state index is 0.0209. The summed E-state index contributed by atoms with van der Waals surface area (Å²) in [6.45, 7) is 0. The highest BCUT2D eigenvalue weighted by Gasteiger charge is 2.24. The topological polar surface area (TPSA) is 54.6 Å². The number of carbonyl (C=O) groups excluding carboxylic acids is 1. The lowest BCUT2D eigenvalue weighted by Crippen LogP contribution is -2.19. The van der Waals surface area contributed by atoms with E-state index in [1.807, 2.05) is 0 Å². The Labute approximate surface area is 142 Å². The van der Waals surface area contributed by atoms with Crippen molar-refractivity contribution in [1.82, 2.24) is 5.32 Å². The van der Waals surface area contributed by atoms with E-state index >= 15 is 0 Å². The van der Waals surface area contributed by atoms with Crippen molar-refractivity contribution in [2.24, 2.45) is 4.99 Å². The van der Waals surface area contributed by atoms with Crippen LogP contribution in [-0.4, -0.2) is 11.1 Å². The SMILES string of the molecule is O=C1NC(=Nc2ccc(F)c(Cl)c2)SC1=Cc1ccc(Br)o1. The Balaban J connectivity index is 1.83.